The molecule has 0 spiro atoms. The summed E-state index contributed by atoms with van der Waals surface area (Å²) in [6.07, 6.45) is -2.72. The molecule has 0 saturated carbocycles. The summed E-state index contributed by atoms with van der Waals surface area (Å²) in [7, 11) is 0. The standard InChI is InChI=1S/C6H2ClF3IN/c7-2-1-3(8)12-6(11)4(2)5(9)10/h1,5H. The SMILES string of the molecule is Fc1cc(Cl)c(C(F)F)c(I)n1. The van der Waals surface area contributed by atoms with Crippen LogP contribution in [0.4, 0.5) is 13.2 Å². The van der Waals surface area contributed by atoms with E-state index < -0.39 is 17.9 Å². The van der Waals surface area contributed by atoms with E-state index in [-0.39, 0.29) is 8.72 Å². The van der Waals surface area contributed by atoms with Gasteiger partial charge in [-0.05, 0) is 22.6 Å². The van der Waals surface area contributed by atoms with Gasteiger partial charge in [0.1, 0.15) is 3.70 Å². The third-order valence-corrected chi connectivity index (χ3v) is 2.28. The van der Waals surface area contributed by atoms with Crippen molar-refractivity contribution in [3.8, 4) is 0 Å². The zero-order chi connectivity index (χ0) is 9.30. The van der Waals surface area contributed by atoms with Gasteiger partial charge in [-0.1, -0.05) is 11.6 Å². The van der Waals surface area contributed by atoms with Crippen molar-refractivity contribution < 1.29 is 13.2 Å². The van der Waals surface area contributed by atoms with Crippen molar-refractivity contribution in [3.05, 3.63) is 26.3 Å². The van der Waals surface area contributed by atoms with Crippen LogP contribution in [-0.4, -0.2) is 4.98 Å². The minimum absolute atomic E-state index is 0.104. The molecule has 1 heterocycles. The fourth-order valence-electron chi connectivity index (χ4n) is 0.661. The molecule has 1 aromatic rings. The summed E-state index contributed by atoms with van der Waals surface area (Å²) in [5.41, 5.74) is -0.418. The van der Waals surface area contributed by atoms with Crippen LogP contribution in [0.1, 0.15) is 12.0 Å². The van der Waals surface area contributed by atoms with Crippen LogP contribution in [0.25, 0.3) is 0 Å². The molecule has 1 nitrogen and oxygen atoms in total. The molecule has 66 valence electrons. The van der Waals surface area contributed by atoms with E-state index >= 15 is 0 Å². The van der Waals surface area contributed by atoms with Gasteiger partial charge in [-0.2, -0.15) is 4.39 Å². The molecule has 0 atom stereocenters. The van der Waals surface area contributed by atoms with Gasteiger partial charge in [0, 0.05) is 6.07 Å². The number of rotatable bonds is 1. The molecule has 0 aliphatic heterocycles. The number of halogens is 5. The Morgan fingerprint density at radius 1 is 1.50 bits per heavy atom. The molecule has 0 radical (unpaired) electrons. The highest BCUT2D eigenvalue weighted by atomic mass is 127. The second-order valence-corrected chi connectivity index (χ2v) is 3.36. The van der Waals surface area contributed by atoms with E-state index in [1.807, 2.05) is 0 Å². The summed E-state index contributed by atoms with van der Waals surface area (Å²) in [5.74, 6) is -0.853. The molecule has 0 aliphatic rings. The van der Waals surface area contributed by atoms with E-state index in [1.54, 1.807) is 0 Å². The Morgan fingerprint density at radius 3 is 2.50 bits per heavy atom. The molecule has 0 fully saturated rings. The van der Waals surface area contributed by atoms with Crippen molar-refractivity contribution in [2.75, 3.05) is 0 Å². The van der Waals surface area contributed by atoms with E-state index in [0.717, 1.165) is 6.07 Å². The van der Waals surface area contributed by atoms with Crippen molar-refractivity contribution in [2.24, 2.45) is 0 Å². The highest BCUT2D eigenvalue weighted by Crippen LogP contribution is 2.30. The third kappa shape index (κ3) is 2.01. The van der Waals surface area contributed by atoms with Crippen LogP contribution in [0.2, 0.25) is 5.02 Å². The molecule has 0 amide bonds. The number of hydrogen-bond donors (Lipinski definition) is 0. The molecule has 0 aromatic carbocycles. The van der Waals surface area contributed by atoms with Gasteiger partial charge in [0.15, 0.2) is 0 Å². The fraction of sp³-hybridized carbons (Fsp3) is 0.167. The lowest BCUT2D eigenvalue weighted by Crippen LogP contribution is -1.97. The number of aromatic nitrogens is 1. The molecule has 0 bridgehead atoms. The zero-order valence-corrected chi connectivity index (χ0v) is 8.41. The van der Waals surface area contributed by atoms with Crippen molar-refractivity contribution in [2.45, 2.75) is 6.43 Å². The predicted molar refractivity (Wildman–Crippen MR) is 46.9 cm³/mol. The zero-order valence-electron chi connectivity index (χ0n) is 5.49. The minimum atomic E-state index is -2.72. The van der Waals surface area contributed by atoms with Crippen LogP contribution in [0.3, 0.4) is 0 Å². The molecular weight excluding hydrogens is 305 g/mol. The number of nitrogens with zero attached hydrogens (tertiary/aromatic N) is 1. The molecular formula is C6H2ClF3IN. The van der Waals surface area contributed by atoms with Gasteiger partial charge in [0.25, 0.3) is 6.43 Å². The quantitative estimate of drug-likeness (QED) is 0.572. The van der Waals surface area contributed by atoms with Crippen LogP contribution >= 0.6 is 34.2 Å². The van der Waals surface area contributed by atoms with Gasteiger partial charge < -0.3 is 0 Å². The topological polar surface area (TPSA) is 12.9 Å². The lowest BCUT2D eigenvalue weighted by atomic mass is 10.3. The van der Waals surface area contributed by atoms with E-state index in [0.29, 0.717) is 0 Å². The summed E-state index contributed by atoms with van der Waals surface area (Å²) in [6.45, 7) is 0. The van der Waals surface area contributed by atoms with Crippen molar-refractivity contribution in [3.63, 3.8) is 0 Å². The maximum atomic E-state index is 12.4. The average molecular weight is 307 g/mol. The van der Waals surface area contributed by atoms with Crippen LogP contribution in [0.5, 0.6) is 0 Å². The molecule has 0 saturated heterocycles. The summed E-state index contributed by atoms with van der Waals surface area (Å²) in [6, 6.07) is 0.769. The van der Waals surface area contributed by atoms with E-state index in [1.165, 1.54) is 22.6 Å². The van der Waals surface area contributed by atoms with Crippen molar-refractivity contribution in [1.82, 2.24) is 4.98 Å². The number of alkyl halides is 2. The van der Waals surface area contributed by atoms with Crippen LogP contribution in [-0.2, 0) is 0 Å². The molecule has 0 aliphatic carbocycles. The van der Waals surface area contributed by atoms with E-state index in [9.17, 15) is 13.2 Å². The maximum absolute atomic E-state index is 12.4. The summed E-state index contributed by atoms with van der Waals surface area (Å²) < 4.78 is 36.7. The number of pyridine rings is 1. The normalized spacial score (nSPS) is 10.8. The Hall–Kier alpha value is -0.0400. The molecule has 0 unspecified atom stereocenters. The van der Waals surface area contributed by atoms with Crippen LogP contribution in [0, 0.1) is 9.65 Å². The largest absolute Gasteiger partial charge is 0.267 e. The van der Waals surface area contributed by atoms with Gasteiger partial charge in [-0.25, -0.2) is 13.8 Å². The van der Waals surface area contributed by atoms with E-state index in [4.69, 9.17) is 11.6 Å². The van der Waals surface area contributed by atoms with Gasteiger partial charge in [-0.3, -0.25) is 0 Å². The Labute approximate surface area is 85.1 Å². The average Bonchev–Trinajstić information content (AvgIpc) is 1.82. The Bertz CT molecular complexity index is 282. The molecule has 12 heavy (non-hydrogen) atoms. The Balaban J connectivity index is 3.28. The van der Waals surface area contributed by atoms with Crippen molar-refractivity contribution in [1.29, 1.82) is 0 Å². The molecule has 6 heteroatoms. The second kappa shape index (κ2) is 3.78. The Kier molecular flexibility index (Phi) is 3.16. The van der Waals surface area contributed by atoms with Gasteiger partial charge >= 0.3 is 0 Å². The smallest absolute Gasteiger partial charge is 0.213 e. The van der Waals surface area contributed by atoms with Gasteiger partial charge in [0.05, 0.1) is 10.6 Å². The van der Waals surface area contributed by atoms with Gasteiger partial charge in [-0.15, -0.1) is 0 Å². The summed E-state index contributed by atoms with van der Waals surface area (Å²) in [4.78, 5) is 3.21. The lowest BCUT2D eigenvalue weighted by Gasteiger charge is -2.04. The first-order chi connectivity index (χ1) is 5.52. The summed E-state index contributed by atoms with van der Waals surface area (Å²) >= 11 is 6.88. The fourth-order valence-corrected chi connectivity index (χ4v) is 1.84. The maximum Gasteiger partial charge on any atom is 0.267 e. The first-order valence-corrected chi connectivity index (χ1v) is 4.27. The second-order valence-electron chi connectivity index (χ2n) is 1.93. The first kappa shape index (κ1) is 10.0. The number of hydrogen-bond acceptors (Lipinski definition) is 1. The highest BCUT2D eigenvalue weighted by Gasteiger charge is 2.18. The Morgan fingerprint density at radius 2 is 2.08 bits per heavy atom. The lowest BCUT2D eigenvalue weighted by molar-refractivity contribution is 0.149. The monoisotopic (exact) mass is 307 g/mol. The molecule has 0 N–H and O–H groups in total. The predicted octanol–water partition coefficient (Wildman–Crippen LogP) is 3.42. The van der Waals surface area contributed by atoms with E-state index in [2.05, 4.69) is 4.98 Å². The van der Waals surface area contributed by atoms with Crippen LogP contribution in [0.15, 0.2) is 6.07 Å². The highest BCUT2D eigenvalue weighted by molar-refractivity contribution is 14.1. The third-order valence-electron chi connectivity index (χ3n) is 1.15. The van der Waals surface area contributed by atoms with Crippen LogP contribution < -0.4 is 0 Å². The van der Waals surface area contributed by atoms with Gasteiger partial charge in [0.2, 0.25) is 5.95 Å². The minimum Gasteiger partial charge on any atom is -0.213 e. The first-order valence-electron chi connectivity index (χ1n) is 2.82. The molecule has 1 aromatic heterocycles. The summed E-state index contributed by atoms with van der Waals surface area (Å²) in [5, 5.41) is -0.290. The molecule has 1 rings (SSSR count). The van der Waals surface area contributed by atoms with Crippen molar-refractivity contribution >= 4 is 34.2 Å².